The Morgan fingerprint density at radius 3 is 2.94 bits per heavy atom. The van der Waals surface area contributed by atoms with Gasteiger partial charge in [-0.15, -0.1) is 0 Å². The van der Waals surface area contributed by atoms with Crippen LogP contribution in [0.4, 0.5) is 0 Å². The largest absolute Gasteiger partial charge is 0.393 e. The van der Waals surface area contributed by atoms with Gasteiger partial charge in [-0.1, -0.05) is 29.8 Å². The van der Waals surface area contributed by atoms with Crippen LogP contribution in [-0.2, 0) is 6.42 Å². The van der Waals surface area contributed by atoms with Crippen molar-refractivity contribution in [3.05, 3.63) is 34.9 Å². The molecule has 0 aromatic heterocycles. The van der Waals surface area contributed by atoms with Gasteiger partial charge in [0.1, 0.15) is 0 Å². The smallest absolute Gasteiger partial charge is 0.0583 e. The van der Waals surface area contributed by atoms with Gasteiger partial charge < -0.3 is 10.4 Å². The maximum Gasteiger partial charge on any atom is 0.0583 e. The number of hydrogen-bond donors (Lipinski definition) is 2. The van der Waals surface area contributed by atoms with E-state index in [-0.39, 0.29) is 6.10 Å². The Morgan fingerprint density at radius 2 is 2.24 bits per heavy atom. The van der Waals surface area contributed by atoms with Gasteiger partial charge >= 0.3 is 0 Å². The zero-order valence-electron chi connectivity index (χ0n) is 10.0. The van der Waals surface area contributed by atoms with E-state index in [0.29, 0.717) is 5.92 Å². The third kappa shape index (κ3) is 3.70. The van der Waals surface area contributed by atoms with E-state index < -0.39 is 0 Å². The first-order chi connectivity index (χ1) is 8.27. The molecule has 0 radical (unpaired) electrons. The number of hydrogen-bond acceptors (Lipinski definition) is 2. The van der Waals surface area contributed by atoms with Crippen molar-refractivity contribution in [3.63, 3.8) is 0 Å². The second-order valence-corrected chi connectivity index (χ2v) is 5.21. The molecule has 1 saturated heterocycles. The summed E-state index contributed by atoms with van der Waals surface area (Å²) in [4.78, 5) is 0. The molecular formula is C14H20ClNO. The Kier molecular flexibility index (Phi) is 4.84. The molecule has 2 rings (SSSR count). The molecule has 0 bridgehead atoms. The van der Waals surface area contributed by atoms with Crippen molar-refractivity contribution < 1.29 is 5.11 Å². The van der Waals surface area contributed by atoms with Gasteiger partial charge in [-0.25, -0.2) is 0 Å². The van der Waals surface area contributed by atoms with Crippen LogP contribution in [0.2, 0.25) is 5.02 Å². The van der Waals surface area contributed by atoms with Crippen LogP contribution in [-0.4, -0.2) is 24.3 Å². The minimum atomic E-state index is -0.209. The average Bonchev–Trinajstić information content (AvgIpc) is 2.38. The standard InChI is InChI=1S/C14H20ClNO/c15-13-6-2-1-4-11(13)7-8-14(17)12-5-3-9-16-10-12/h1-2,4,6,12,14,16-17H,3,5,7-10H2. The SMILES string of the molecule is OC(CCc1ccccc1Cl)C1CCCNC1. The van der Waals surface area contributed by atoms with E-state index in [4.69, 9.17) is 11.6 Å². The van der Waals surface area contributed by atoms with E-state index in [2.05, 4.69) is 5.32 Å². The quantitative estimate of drug-likeness (QED) is 0.865. The molecule has 0 spiro atoms. The lowest BCUT2D eigenvalue weighted by Crippen LogP contribution is -2.36. The van der Waals surface area contributed by atoms with Gasteiger partial charge in [-0.3, -0.25) is 0 Å². The highest BCUT2D eigenvalue weighted by molar-refractivity contribution is 6.31. The molecule has 0 aliphatic carbocycles. The lowest BCUT2D eigenvalue weighted by atomic mass is 9.90. The van der Waals surface area contributed by atoms with Crippen LogP contribution in [0.25, 0.3) is 0 Å². The van der Waals surface area contributed by atoms with Crippen LogP contribution >= 0.6 is 11.6 Å². The summed E-state index contributed by atoms with van der Waals surface area (Å²) in [6.07, 6.45) is 3.76. The molecule has 3 heteroatoms. The first kappa shape index (κ1) is 12.9. The Labute approximate surface area is 108 Å². The van der Waals surface area contributed by atoms with E-state index in [9.17, 15) is 5.11 Å². The molecule has 2 atom stereocenters. The number of halogens is 1. The molecule has 1 heterocycles. The van der Waals surface area contributed by atoms with Gasteiger partial charge in [0.05, 0.1) is 6.10 Å². The summed E-state index contributed by atoms with van der Waals surface area (Å²) in [6, 6.07) is 7.88. The summed E-state index contributed by atoms with van der Waals surface area (Å²) in [5.41, 5.74) is 1.14. The summed E-state index contributed by atoms with van der Waals surface area (Å²) in [6.45, 7) is 2.04. The van der Waals surface area contributed by atoms with E-state index in [0.717, 1.165) is 42.9 Å². The predicted octanol–water partition coefficient (Wildman–Crippen LogP) is 2.63. The van der Waals surface area contributed by atoms with E-state index in [1.165, 1.54) is 6.42 Å². The molecule has 0 saturated carbocycles. The number of nitrogens with one attached hydrogen (secondary N) is 1. The van der Waals surface area contributed by atoms with Crippen molar-refractivity contribution in [2.75, 3.05) is 13.1 Å². The van der Waals surface area contributed by atoms with Crippen molar-refractivity contribution >= 4 is 11.6 Å². The van der Waals surface area contributed by atoms with Gasteiger partial charge in [0, 0.05) is 11.6 Å². The minimum absolute atomic E-state index is 0.209. The van der Waals surface area contributed by atoms with Gasteiger partial charge in [-0.2, -0.15) is 0 Å². The van der Waals surface area contributed by atoms with Gasteiger partial charge in [-0.05, 0) is 49.8 Å². The molecule has 0 amide bonds. The van der Waals surface area contributed by atoms with Gasteiger partial charge in [0.25, 0.3) is 0 Å². The molecule has 2 nitrogen and oxygen atoms in total. The minimum Gasteiger partial charge on any atom is -0.393 e. The average molecular weight is 254 g/mol. The molecule has 2 N–H and O–H groups in total. The number of piperidine rings is 1. The fraction of sp³-hybridized carbons (Fsp3) is 0.571. The normalized spacial score (nSPS) is 22.4. The number of aliphatic hydroxyl groups is 1. The summed E-state index contributed by atoms with van der Waals surface area (Å²) in [7, 11) is 0. The van der Waals surface area contributed by atoms with Gasteiger partial charge in [0.15, 0.2) is 0 Å². The first-order valence-electron chi connectivity index (χ1n) is 6.39. The Bertz CT molecular complexity index is 350. The molecule has 17 heavy (non-hydrogen) atoms. The lowest BCUT2D eigenvalue weighted by molar-refractivity contribution is 0.0844. The zero-order chi connectivity index (χ0) is 12.1. The highest BCUT2D eigenvalue weighted by Gasteiger charge is 2.21. The predicted molar refractivity (Wildman–Crippen MR) is 71.4 cm³/mol. The van der Waals surface area contributed by atoms with Crippen LogP contribution in [0.15, 0.2) is 24.3 Å². The van der Waals surface area contributed by atoms with E-state index in [1.54, 1.807) is 0 Å². The molecule has 94 valence electrons. The van der Waals surface area contributed by atoms with Crippen molar-refractivity contribution in [1.29, 1.82) is 0 Å². The highest BCUT2D eigenvalue weighted by atomic mass is 35.5. The highest BCUT2D eigenvalue weighted by Crippen LogP contribution is 2.21. The van der Waals surface area contributed by atoms with Crippen LogP contribution < -0.4 is 5.32 Å². The Hall–Kier alpha value is -0.570. The summed E-state index contributed by atoms with van der Waals surface area (Å²) >= 11 is 6.10. The Balaban J connectivity index is 1.83. The Morgan fingerprint density at radius 1 is 1.41 bits per heavy atom. The van der Waals surface area contributed by atoms with Crippen LogP contribution in [0.1, 0.15) is 24.8 Å². The zero-order valence-corrected chi connectivity index (χ0v) is 10.8. The first-order valence-corrected chi connectivity index (χ1v) is 6.77. The molecular weight excluding hydrogens is 234 g/mol. The second-order valence-electron chi connectivity index (χ2n) is 4.80. The monoisotopic (exact) mass is 253 g/mol. The second kappa shape index (κ2) is 6.39. The molecule has 1 aromatic carbocycles. The maximum absolute atomic E-state index is 10.1. The number of benzene rings is 1. The topological polar surface area (TPSA) is 32.3 Å². The fourth-order valence-electron chi connectivity index (χ4n) is 2.45. The maximum atomic E-state index is 10.1. The van der Waals surface area contributed by atoms with Crippen molar-refractivity contribution in [2.45, 2.75) is 31.8 Å². The summed E-state index contributed by atoms with van der Waals surface area (Å²) in [5.74, 6) is 0.409. The number of aliphatic hydroxyl groups excluding tert-OH is 1. The van der Waals surface area contributed by atoms with Gasteiger partial charge in [0.2, 0.25) is 0 Å². The van der Waals surface area contributed by atoms with Crippen LogP contribution in [0, 0.1) is 5.92 Å². The number of aryl methyl sites for hydroxylation is 1. The van der Waals surface area contributed by atoms with Crippen LogP contribution in [0.3, 0.4) is 0 Å². The summed E-state index contributed by atoms with van der Waals surface area (Å²) in [5, 5.41) is 14.3. The molecule has 1 aromatic rings. The molecule has 1 aliphatic heterocycles. The van der Waals surface area contributed by atoms with E-state index >= 15 is 0 Å². The molecule has 1 fully saturated rings. The molecule has 1 aliphatic rings. The fourth-order valence-corrected chi connectivity index (χ4v) is 2.68. The molecule has 2 unspecified atom stereocenters. The lowest BCUT2D eigenvalue weighted by Gasteiger charge is -2.27. The van der Waals surface area contributed by atoms with Crippen LogP contribution in [0.5, 0.6) is 0 Å². The third-order valence-corrected chi connectivity index (χ3v) is 3.92. The van der Waals surface area contributed by atoms with Crippen molar-refractivity contribution in [2.24, 2.45) is 5.92 Å². The third-order valence-electron chi connectivity index (χ3n) is 3.55. The summed E-state index contributed by atoms with van der Waals surface area (Å²) < 4.78 is 0. The van der Waals surface area contributed by atoms with Crippen molar-refractivity contribution in [3.8, 4) is 0 Å². The van der Waals surface area contributed by atoms with Crippen molar-refractivity contribution in [1.82, 2.24) is 5.32 Å². The number of rotatable bonds is 4. The van der Waals surface area contributed by atoms with E-state index in [1.807, 2.05) is 24.3 Å².